The van der Waals surface area contributed by atoms with Gasteiger partial charge in [-0.1, -0.05) is 13.8 Å². The molecular weight excluding hydrogens is 254 g/mol. The van der Waals surface area contributed by atoms with Crippen molar-refractivity contribution < 1.29 is 14.2 Å². The summed E-state index contributed by atoms with van der Waals surface area (Å²) in [6.07, 6.45) is 4.32. The summed E-state index contributed by atoms with van der Waals surface area (Å²) < 4.78 is 17.2. The maximum absolute atomic E-state index is 6.11. The molecule has 20 heavy (non-hydrogen) atoms. The van der Waals surface area contributed by atoms with E-state index >= 15 is 0 Å². The zero-order valence-corrected chi connectivity index (χ0v) is 13.3. The second-order valence-corrected chi connectivity index (χ2v) is 6.51. The topological polar surface area (TPSA) is 39.7 Å². The fourth-order valence-corrected chi connectivity index (χ4v) is 3.24. The van der Waals surface area contributed by atoms with E-state index in [4.69, 9.17) is 14.2 Å². The van der Waals surface area contributed by atoms with Gasteiger partial charge in [-0.3, -0.25) is 0 Å². The molecule has 2 heterocycles. The van der Waals surface area contributed by atoms with Crippen LogP contribution in [0.4, 0.5) is 0 Å². The Hall–Kier alpha value is -0.160. The summed E-state index contributed by atoms with van der Waals surface area (Å²) in [6.45, 7) is 10.8. The molecule has 2 fully saturated rings. The SMILES string of the molecule is CCOCC(NC1CCOC2(CCOCC2)C1)C(C)C. The van der Waals surface area contributed by atoms with Gasteiger partial charge in [0.15, 0.2) is 0 Å². The highest BCUT2D eigenvalue weighted by atomic mass is 16.5. The smallest absolute Gasteiger partial charge is 0.0741 e. The van der Waals surface area contributed by atoms with Gasteiger partial charge in [0.25, 0.3) is 0 Å². The molecule has 4 heteroatoms. The highest BCUT2D eigenvalue weighted by Crippen LogP contribution is 2.34. The maximum atomic E-state index is 6.11. The minimum atomic E-state index is 0.0707. The zero-order chi connectivity index (χ0) is 14.4. The number of hydrogen-bond acceptors (Lipinski definition) is 4. The molecular formula is C16H31NO3. The third-order valence-corrected chi connectivity index (χ3v) is 4.65. The van der Waals surface area contributed by atoms with E-state index in [1.165, 1.54) is 0 Å². The lowest BCUT2D eigenvalue weighted by molar-refractivity contribution is -0.141. The van der Waals surface area contributed by atoms with Crippen LogP contribution in [0.5, 0.6) is 0 Å². The molecule has 0 aliphatic carbocycles. The molecule has 0 aromatic heterocycles. The Bertz CT molecular complexity index is 271. The number of ether oxygens (including phenoxy) is 3. The van der Waals surface area contributed by atoms with E-state index < -0.39 is 0 Å². The van der Waals surface area contributed by atoms with Gasteiger partial charge < -0.3 is 19.5 Å². The van der Waals surface area contributed by atoms with Crippen LogP contribution in [0.1, 0.15) is 46.5 Å². The summed E-state index contributed by atoms with van der Waals surface area (Å²) in [7, 11) is 0. The lowest BCUT2D eigenvalue weighted by Gasteiger charge is -2.44. The first-order chi connectivity index (χ1) is 9.65. The molecule has 1 N–H and O–H groups in total. The molecule has 118 valence electrons. The third kappa shape index (κ3) is 4.42. The highest BCUT2D eigenvalue weighted by molar-refractivity contribution is 4.92. The highest BCUT2D eigenvalue weighted by Gasteiger charge is 2.39. The van der Waals surface area contributed by atoms with Gasteiger partial charge in [0.2, 0.25) is 0 Å². The van der Waals surface area contributed by atoms with Crippen molar-refractivity contribution in [1.82, 2.24) is 5.32 Å². The first-order valence-electron chi connectivity index (χ1n) is 8.21. The molecule has 1 spiro atoms. The van der Waals surface area contributed by atoms with E-state index in [2.05, 4.69) is 26.1 Å². The maximum Gasteiger partial charge on any atom is 0.0741 e. The van der Waals surface area contributed by atoms with Crippen LogP contribution in [0.2, 0.25) is 0 Å². The predicted octanol–water partition coefficient (Wildman–Crippen LogP) is 2.37. The Morgan fingerprint density at radius 2 is 2.00 bits per heavy atom. The van der Waals surface area contributed by atoms with Crippen molar-refractivity contribution in [2.24, 2.45) is 5.92 Å². The number of hydrogen-bond donors (Lipinski definition) is 1. The monoisotopic (exact) mass is 285 g/mol. The number of rotatable bonds is 6. The first-order valence-corrected chi connectivity index (χ1v) is 8.21. The van der Waals surface area contributed by atoms with Gasteiger partial charge in [-0.25, -0.2) is 0 Å². The van der Waals surface area contributed by atoms with Crippen LogP contribution >= 0.6 is 0 Å². The zero-order valence-electron chi connectivity index (χ0n) is 13.3. The third-order valence-electron chi connectivity index (χ3n) is 4.65. The van der Waals surface area contributed by atoms with Gasteiger partial charge in [-0.15, -0.1) is 0 Å². The van der Waals surface area contributed by atoms with Crippen LogP contribution in [0, 0.1) is 5.92 Å². The Balaban J connectivity index is 1.87. The second kappa shape index (κ2) is 7.74. The standard InChI is InChI=1S/C16H31NO3/c1-4-18-12-15(13(2)3)17-14-5-8-20-16(11-14)6-9-19-10-7-16/h13-15,17H,4-12H2,1-3H3. The normalized spacial score (nSPS) is 27.9. The van der Waals surface area contributed by atoms with E-state index in [0.29, 0.717) is 18.0 Å². The molecule has 2 atom stereocenters. The Kier molecular flexibility index (Phi) is 6.27. The summed E-state index contributed by atoms with van der Waals surface area (Å²) in [4.78, 5) is 0. The van der Waals surface area contributed by atoms with Crippen LogP contribution in [0.15, 0.2) is 0 Å². The predicted molar refractivity (Wildman–Crippen MR) is 80.0 cm³/mol. The van der Waals surface area contributed by atoms with Crippen molar-refractivity contribution in [3.8, 4) is 0 Å². The van der Waals surface area contributed by atoms with E-state index in [-0.39, 0.29) is 5.60 Å². The lowest BCUT2D eigenvalue weighted by atomic mass is 9.83. The van der Waals surface area contributed by atoms with E-state index in [1.807, 2.05) is 0 Å². The largest absolute Gasteiger partial charge is 0.381 e. The van der Waals surface area contributed by atoms with Crippen molar-refractivity contribution in [1.29, 1.82) is 0 Å². The Labute approximate surface area is 123 Å². The molecule has 0 aromatic carbocycles. The average Bonchev–Trinajstić information content (AvgIpc) is 2.44. The molecule has 0 radical (unpaired) electrons. The molecule has 0 bridgehead atoms. The summed E-state index contributed by atoms with van der Waals surface area (Å²) in [5.74, 6) is 0.593. The van der Waals surface area contributed by atoms with Gasteiger partial charge in [-0.2, -0.15) is 0 Å². The summed E-state index contributed by atoms with van der Waals surface area (Å²) >= 11 is 0. The van der Waals surface area contributed by atoms with Gasteiger partial charge in [0.1, 0.15) is 0 Å². The minimum absolute atomic E-state index is 0.0707. The van der Waals surface area contributed by atoms with E-state index in [1.54, 1.807) is 0 Å². The molecule has 2 aliphatic heterocycles. The lowest BCUT2D eigenvalue weighted by Crippen LogP contribution is -2.53. The fraction of sp³-hybridized carbons (Fsp3) is 1.00. The Morgan fingerprint density at radius 1 is 1.25 bits per heavy atom. The fourth-order valence-electron chi connectivity index (χ4n) is 3.24. The van der Waals surface area contributed by atoms with Crippen molar-refractivity contribution in [3.63, 3.8) is 0 Å². The summed E-state index contributed by atoms with van der Waals surface area (Å²) in [6, 6.07) is 0.990. The molecule has 2 aliphatic rings. The van der Waals surface area contributed by atoms with Gasteiger partial charge in [0, 0.05) is 38.5 Å². The molecule has 4 nitrogen and oxygen atoms in total. The van der Waals surface area contributed by atoms with E-state index in [0.717, 1.165) is 58.7 Å². The van der Waals surface area contributed by atoms with E-state index in [9.17, 15) is 0 Å². The second-order valence-electron chi connectivity index (χ2n) is 6.51. The van der Waals surface area contributed by atoms with Crippen molar-refractivity contribution in [3.05, 3.63) is 0 Å². The van der Waals surface area contributed by atoms with Crippen LogP contribution in [0.3, 0.4) is 0 Å². The van der Waals surface area contributed by atoms with Gasteiger partial charge in [0.05, 0.1) is 12.2 Å². The van der Waals surface area contributed by atoms with Gasteiger partial charge >= 0.3 is 0 Å². The Morgan fingerprint density at radius 3 is 2.65 bits per heavy atom. The molecule has 2 saturated heterocycles. The van der Waals surface area contributed by atoms with Crippen LogP contribution in [-0.4, -0.2) is 50.7 Å². The van der Waals surface area contributed by atoms with Crippen molar-refractivity contribution in [2.75, 3.05) is 33.0 Å². The summed E-state index contributed by atoms with van der Waals surface area (Å²) in [5, 5.41) is 3.82. The quantitative estimate of drug-likeness (QED) is 0.813. The first kappa shape index (κ1) is 16.2. The minimum Gasteiger partial charge on any atom is -0.381 e. The van der Waals surface area contributed by atoms with Crippen LogP contribution < -0.4 is 5.32 Å². The van der Waals surface area contributed by atoms with Gasteiger partial charge in [-0.05, 0) is 38.5 Å². The van der Waals surface area contributed by atoms with Crippen molar-refractivity contribution >= 4 is 0 Å². The van der Waals surface area contributed by atoms with Crippen LogP contribution in [0.25, 0.3) is 0 Å². The van der Waals surface area contributed by atoms with Crippen LogP contribution in [-0.2, 0) is 14.2 Å². The molecule has 2 rings (SSSR count). The molecule has 0 amide bonds. The van der Waals surface area contributed by atoms with Crippen molar-refractivity contribution in [2.45, 2.75) is 64.1 Å². The number of nitrogens with one attached hydrogen (secondary N) is 1. The summed E-state index contributed by atoms with van der Waals surface area (Å²) in [5.41, 5.74) is 0.0707. The average molecular weight is 285 g/mol. The molecule has 0 saturated carbocycles. The molecule has 2 unspecified atom stereocenters. The molecule has 0 aromatic rings.